The highest BCUT2D eigenvalue weighted by atomic mass is 16.3. The van der Waals surface area contributed by atoms with E-state index in [1.807, 2.05) is 25.1 Å². The zero-order chi connectivity index (χ0) is 16.1. The van der Waals surface area contributed by atoms with Crippen LogP contribution < -0.4 is 11.1 Å². The van der Waals surface area contributed by atoms with Crippen LogP contribution in [0.25, 0.3) is 11.1 Å². The summed E-state index contributed by atoms with van der Waals surface area (Å²) in [5, 5.41) is 11.8. The van der Waals surface area contributed by atoms with Gasteiger partial charge in [0, 0.05) is 23.5 Å². The molecule has 2 rings (SSSR count). The van der Waals surface area contributed by atoms with Crippen LogP contribution in [-0.4, -0.2) is 27.0 Å². The molecule has 116 valence electrons. The van der Waals surface area contributed by atoms with Crippen molar-refractivity contribution in [2.24, 2.45) is 5.73 Å². The van der Waals surface area contributed by atoms with Crippen LogP contribution in [0.3, 0.4) is 0 Å². The van der Waals surface area contributed by atoms with Crippen molar-refractivity contribution in [1.29, 1.82) is 0 Å². The van der Waals surface area contributed by atoms with Crippen LogP contribution >= 0.6 is 0 Å². The predicted molar refractivity (Wildman–Crippen MR) is 83.6 cm³/mol. The molecule has 0 bridgehead atoms. The van der Waals surface area contributed by atoms with Gasteiger partial charge in [0.25, 0.3) is 0 Å². The minimum Gasteiger partial charge on any atom is -0.390 e. The zero-order valence-electron chi connectivity index (χ0n) is 12.7. The van der Waals surface area contributed by atoms with E-state index in [9.17, 15) is 4.79 Å². The third-order valence-electron chi connectivity index (χ3n) is 3.32. The van der Waals surface area contributed by atoms with Crippen LogP contribution in [0.4, 0.5) is 0 Å². The Morgan fingerprint density at radius 1 is 1.18 bits per heavy atom. The maximum Gasteiger partial charge on any atom is 0.237 e. The highest BCUT2D eigenvalue weighted by molar-refractivity contribution is 5.81. The van der Waals surface area contributed by atoms with Gasteiger partial charge in [0.15, 0.2) is 0 Å². The van der Waals surface area contributed by atoms with Gasteiger partial charge in [-0.25, -0.2) is 0 Å². The number of nitrogens with one attached hydrogen (secondary N) is 1. The smallest absolute Gasteiger partial charge is 0.237 e. The molecule has 0 aliphatic rings. The summed E-state index contributed by atoms with van der Waals surface area (Å²) < 4.78 is 0. The highest BCUT2D eigenvalue weighted by Gasteiger charge is 2.13. The van der Waals surface area contributed by atoms with Crippen molar-refractivity contribution in [2.45, 2.75) is 32.5 Å². The zero-order valence-corrected chi connectivity index (χ0v) is 12.7. The van der Waals surface area contributed by atoms with Crippen molar-refractivity contribution in [3.8, 4) is 11.1 Å². The Morgan fingerprint density at radius 2 is 1.82 bits per heavy atom. The quantitative estimate of drug-likeness (QED) is 0.769. The molecular weight excluding hydrogens is 280 g/mol. The molecule has 0 radical (unpaired) electrons. The number of pyridine rings is 2. The van der Waals surface area contributed by atoms with Gasteiger partial charge in [-0.05, 0) is 26.0 Å². The Hall–Kier alpha value is -2.31. The number of rotatable bonds is 5. The van der Waals surface area contributed by atoms with Crippen LogP contribution in [-0.2, 0) is 11.4 Å². The van der Waals surface area contributed by atoms with E-state index in [1.165, 1.54) is 0 Å². The SMILES string of the molecule is C[C@H](N)C(=O)N[C@H](C)c1ccc(-c2ccc(CO)nc2)cn1. The Kier molecular flexibility index (Phi) is 5.19. The molecule has 2 aromatic rings. The second-order valence-electron chi connectivity index (χ2n) is 5.19. The summed E-state index contributed by atoms with van der Waals surface area (Å²) in [7, 11) is 0. The molecule has 0 aliphatic carbocycles. The molecule has 0 saturated carbocycles. The van der Waals surface area contributed by atoms with Crippen molar-refractivity contribution in [3.05, 3.63) is 48.0 Å². The average Bonchev–Trinajstić information content (AvgIpc) is 2.55. The fraction of sp³-hybridized carbons (Fsp3) is 0.312. The molecule has 2 aromatic heterocycles. The molecular formula is C16H20N4O2. The first-order valence-electron chi connectivity index (χ1n) is 7.09. The molecule has 22 heavy (non-hydrogen) atoms. The first kappa shape index (κ1) is 16.1. The lowest BCUT2D eigenvalue weighted by molar-refractivity contribution is -0.122. The number of hydrogen-bond acceptors (Lipinski definition) is 5. The molecule has 0 unspecified atom stereocenters. The van der Waals surface area contributed by atoms with Crippen molar-refractivity contribution in [1.82, 2.24) is 15.3 Å². The number of nitrogens with zero attached hydrogens (tertiary/aromatic N) is 2. The molecule has 0 aliphatic heterocycles. The molecule has 1 amide bonds. The molecule has 0 fully saturated rings. The van der Waals surface area contributed by atoms with E-state index >= 15 is 0 Å². The minimum absolute atomic E-state index is 0.0752. The van der Waals surface area contributed by atoms with Gasteiger partial charge in [-0.1, -0.05) is 12.1 Å². The van der Waals surface area contributed by atoms with Crippen LogP contribution in [0.5, 0.6) is 0 Å². The summed E-state index contributed by atoms with van der Waals surface area (Å²) >= 11 is 0. The predicted octanol–water partition coefficient (Wildman–Crippen LogP) is 1.16. The first-order chi connectivity index (χ1) is 10.5. The third kappa shape index (κ3) is 3.87. The van der Waals surface area contributed by atoms with Gasteiger partial charge < -0.3 is 16.2 Å². The third-order valence-corrected chi connectivity index (χ3v) is 3.32. The van der Waals surface area contributed by atoms with E-state index in [2.05, 4.69) is 15.3 Å². The average molecular weight is 300 g/mol. The van der Waals surface area contributed by atoms with E-state index in [0.29, 0.717) is 5.69 Å². The number of aliphatic hydroxyl groups excluding tert-OH is 1. The Bertz CT molecular complexity index is 624. The molecule has 2 heterocycles. The number of aromatic nitrogens is 2. The Labute approximate surface area is 129 Å². The standard InChI is InChI=1S/C16H20N4O2/c1-10(17)16(22)20-11(2)15-6-4-13(8-19-15)12-3-5-14(9-21)18-7-12/h3-8,10-11,21H,9,17H2,1-2H3,(H,20,22)/t10-,11+/m0/s1. The lowest BCUT2D eigenvalue weighted by Crippen LogP contribution is -2.39. The van der Waals surface area contributed by atoms with Gasteiger partial charge in [-0.3, -0.25) is 14.8 Å². The van der Waals surface area contributed by atoms with Crippen molar-refractivity contribution in [2.75, 3.05) is 0 Å². The maximum atomic E-state index is 11.6. The van der Waals surface area contributed by atoms with Crippen LogP contribution in [0, 0.1) is 0 Å². The number of amides is 1. The number of aliphatic hydroxyl groups is 1. The second-order valence-corrected chi connectivity index (χ2v) is 5.19. The fourth-order valence-corrected chi connectivity index (χ4v) is 1.94. The van der Waals surface area contributed by atoms with Gasteiger partial charge in [0.2, 0.25) is 5.91 Å². The van der Waals surface area contributed by atoms with Gasteiger partial charge in [0.1, 0.15) is 0 Å². The number of hydrogen-bond donors (Lipinski definition) is 3. The summed E-state index contributed by atoms with van der Waals surface area (Å²) in [6, 6.07) is 6.69. The Morgan fingerprint density at radius 3 is 2.27 bits per heavy atom. The molecule has 0 aromatic carbocycles. The number of carbonyl (C=O) groups excluding carboxylic acids is 1. The van der Waals surface area contributed by atoms with Gasteiger partial charge in [-0.15, -0.1) is 0 Å². The number of nitrogens with two attached hydrogens (primary N) is 1. The van der Waals surface area contributed by atoms with Gasteiger partial charge in [0.05, 0.1) is 30.1 Å². The summed E-state index contributed by atoms with van der Waals surface area (Å²) in [5.41, 5.74) is 8.76. The topological polar surface area (TPSA) is 101 Å². The Balaban J connectivity index is 2.10. The van der Waals surface area contributed by atoms with Crippen molar-refractivity contribution >= 4 is 5.91 Å². The second kappa shape index (κ2) is 7.11. The molecule has 4 N–H and O–H groups in total. The summed E-state index contributed by atoms with van der Waals surface area (Å²) in [6.45, 7) is 3.43. The van der Waals surface area contributed by atoms with Crippen LogP contribution in [0.1, 0.15) is 31.3 Å². The van der Waals surface area contributed by atoms with Crippen LogP contribution in [0.15, 0.2) is 36.7 Å². The first-order valence-corrected chi connectivity index (χ1v) is 7.09. The normalized spacial score (nSPS) is 13.5. The molecule has 6 nitrogen and oxygen atoms in total. The summed E-state index contributed by atoms with van der Waals surface area (Å²) in [6.07, 6.45) is 3.43. The van der Waals surface area contributed by atoms with Crippen molar-refractivity contribution in [3.63, 3.8) is 0 Å². The maximum absolute atomic E-state index is 11.6. The molecule has 2 atom stereocenters. The van der Waals surface area contributed by atoms with Gasteiger partial charge >= 0.3 is 0 Å². The van der Waals surface area contributed by atoms with E-state index in [4.69, 9.17) is 10.8 Å². The van der Waals surface area contributed by atoms with Crippen molar-refractivity contribution < 1.29 is 9.90 Å². The summed E-state index contributed by atoms with van der Waals surface area (Å²) in [5.74, 6) is -0.206. The minimum atomic E-state index is -0.544. The van der Waals surface area contributed by atoms with Gasteiger partial charge in [-0.2, -0.15) is 0 Å². The summed E-state index contributed by atoms with van der Waals surface area (Å²) in [4.78, 5) is 20.1. The van der Waals surface area contributed by atoms with Crippen LogP contribution in [0.2, 0.25) is 0 Å². The van der Waals surface area contributed by atoms with E-state index < -0.39 is 6.04 Å². The number of carbonyl (C=O) groups is 1. The fourth-order valence-electron chi connectivity index (χ4n) is 1.94. The lowest BCUT2D eigenvalue weighted by Gasteiger charge is -2.15. The molecule has 0 spiro atoms. The monoisotopic (exact) mass is 300 g/mol. The lowest BCUT2D eigenvalue weighted by atomic mass is 10.1. The van der Waals surface area contributed by atoms with E-state index in [0.717, 1.165) is 16.8 Å². The largest absolute Gasteiger partial charge is 0.390 e. The molecule has 6 heteroatoms. The van der Waals surface area contributed by atoms with E-state index in [1.54, 1.807) is 25.4 Å². The highest BCUT2D eigenvalue weighted by Crippen LogP contribution is 2.19. The molecule has 0 saturated heterocycles. The van der Waals surface area contributed by atoms with E-state index in [-0.39, 0.29) is 18.6 Å².